The Kier molecular flexibility index (Phi) is 2.27. The Bertz CT molecular complexity index is 136. The molecule has 0 aromatic carbocycles. The smallest absolute Gasteiger partial charge is 0.223 e. The van der Waals surface area contributed by atoms with Gasteiger partial charge in [-0.2, -0.15) is 0 Å². The lowest BCUT2D eigenvalue weighted by atomic mass is 9.96. The van der Waals surface area contributed by atoms with Crippen molar-refractivity contribution in [3.63, 3.8) is 0 Å². The topological polar surface area (TPSA) is 49.3 Å². The van der Waals surface area contributed by atoms with E-state index >= 15 is 0 Å². The van der Waals surface area contributed by atoms with Crippen LogP contribution in [0.2, 0.25) is 0 Å². The standard InChI is InChI=1S/C7H13NO2/c1-5-2-3-6(4-9)8-7(5)10/h5-6,9H,2-4H2,1H3,(H,8,10)/t5-,6-/m0/s1. The third kappa shape index (κ3) is 1.48. The highest BCUT2D eigenvalue weighted by Crippen LogP contribution is 2.13. The van der Waals surface area contributed by atoms with Gasteiger partial charge in [-0.1, -0.05) is 6.92 Å². The van der Waals surface area contributed by atoms with Gasteiger partial charge in [0, 0.05) is 5.92 Å². The van der Waals surface area contributed by atoms with E-state index in [4.69, 9.17) is 5.11 Å². The van der Waals surface area contributed by atoms with Crippen LogP contribution in [0.4, 0.5) is 0 Å². The summed E-state index contributed by atoms with van der Waals surface area (Å²) >= 11 is 0. The van der Waals surface area contributed by atoms with Crippen molar-refractivity contribution < 1.29 is 9.90 Å². The van der Waals surface area contributed by atoms with Crippen LogP contribution in [0.25, 0.3) is 0 Å². The number of hydrogen-bond acceptors (Lipinski definition) is 2. The number of carbonyl (C=O) groups is 1. The Hall–Kier alpha value is -0.570. The molecule has 0 aromatic heterocycles. The molecule has 3 heteroatoms. The van der Waals surface area contributed by atoms with Crippen molar-refractivity contribution in [2.45, 2.75) is 25.8 Å². The average molecular weight is 143 g/mol. The molecule has 3 nitrogen and oxygen atoms in total. The molecule has 10 heavy (non-hydrogen) atoms. The molecule has 1 amide bonds. The summed E-state index contributed by atoms with van der Waals surface area (Å²) < 4.78 is 0. The van der Waals surface area contributed by atoms with E-state index in [1.807, 2.05) is 6.92 Å². The second-order valence-corrected chi connectivity index (χ2v) is 2.87. The highest BCUT2D eigenvalue weighted by molar-refractivity contribution is 5.79. The summed E-state index contributed by atoms with van der Waals surface area (Å²) in [6, 6.07) is 0.00343. The highest BCUT2D eigenvalue weighted by Gasteiger charge is 2.23. The second kappa shape index (κ2) is 3.01. The van der Waals surface area contributed by atoms with E-state index in [1.165, 1.54) is 0 Å². The molecule has 2 N–H and O–H groups in total. The first kappa shape index (κ1) is 7.54. The zero-order valence-corrected chi connectivity index (χ0v) is 6.13. The molecule has 2 atom stereocenters. The molecule has 0 spiro atoms. The minimum absolute atomic E-state index is 0.00343. The second-order valence-electron chi connectivity index (χ2n) is 2.87. The van der Waals surface area contributed by atoms with Gasteiger partial charge in [0.15, 0.2) is 0 Å². The number of piperidine rings is 1. The van der Waals surface area contributed by atoms with Gasteiger partial charge in [-0.3, -0.25) is 4.79 Å². The Morgan fingerprint density at radius 1 is 1.70 bits per heavy atom. The summed E-state index contributed by atoms with van der Waals surface area (Å²) in [5.74, 6) is 0.202. The Morgan fingerprint density at radius 3 is 2.90 bits per heavy atom. The minimum Gasteiger partial charge on any atom is -0.394 e. The van der Waals surface area contributed by atoms with Crippen molar-refractivity contribution in [3.05, 3.63) is 0 Å². The molecule has 1 aliphatic heterocycles. The van der Waals surface area contributed by atoms with Crippen molar-refractivity contribution in [2.75, 3.05) is 6.61 Å². The van der Waals surface area contributed by atoms with E-state index in [1.54, 1.807) is 0 Å². The maximum Gasteiger partial charge on any atom is 0.223 e. The van der Waals surface area contributed by atoms with Crippen LogP contribution in [0, 0.1) is 5.92 Å². The SMILES string of the molecule is C[C@H]1CC[C@@H](CO)NC1=O. The third-order valence-electron chi connectivity index (χ3n) is 1.96. The molecule has 0 saturated carbocycles. The predicted molar refractivity (Wildman–Crippen MR) is 37.4 cm³/mol. The first-order chi connectivity index (χ1) is 4.74. The van der Waals surface area contributed by atoms with Crippen molar-refractivity contribution >= 4 is 5.91 Å². The zero-order chi connectivity index (χ0) is 7.56. The fourth-order valence-corrected chi connectivity index (χ4v) is 1.13. The van der Waals surface area contributed by atoms with Gasteiger partial charge in [0.25, 0.3) is 0 Å². The molecular weight excluding hydrogens is 130 g/mol. The zero-order valence-electron chi connectivity index (χ0n) is 6.13. The highest BCUT2D eigenvalue weighted by atomic mass is 16.3. The van der Waals surface area contributed by atoms with Crippen molar-refractivity contribution in [1.82, 2.24) is 5.32 Å². The number of nitrogens with one attached hydrogen (secondary N) is 1. The summed E-state index contributed by atoms with van der Waals surface area (Å²) in [6.45, 7) is 1.97. The molecule has 58 valence electrons. The number of hydrogen-bond donors (Lipinski definition) is 2. The largest absolute Gasteiger partial charge is 0.394 e. The molecule has 0 unspecified atom stereocenters. The van der Waals surface area contributed by atoms with Gasteiger partial charge >= 0.3 is 0 Å². The van der Waals surface area contributed by atoms with Crippen molar-refractivity contribution in [3.8, 4) is 0 Å². The van der Waals surface area contributed by atoms with Gasteiger partial charge in [0.1, 0.15) is 0 Å². The molecule has 1 aliphatic rings. The quantitative estimate of drug-likeness (QED) is 0.538. The molecule has 0 aromatic rings. The molecule has 1 heterocycles. The van der Waals surface area contributed by atoms with E-state index < -0.39 is 0 Å². The minimum atomic E-state index is 0.00343. The normalized spacial score (nSPS) is 33.6. The van der Waals surface area contributed by atoms with Crippen LogP contribution in [0.3, 0.4) is 0 Å². The molecule has 0 aliphatic carbocycles. The fraction of sp³-hybridized carbons (Fsp3) is 0.857. The van der Waals surface area contributed by atoms with Gasteiger partial charge in [-0.15, -0.1) is 0 Å². The molecule has 1 fully saturated rings. The molecule has 0 bridgehead atoms. The average Bonchev–Trinajstić information content (AvgIpc) is 1.95. The first-order valence-electron chi connectivity index (χ1n) is 3.65. The fourth-order valence-electron chi connectivity index (χ4n) is 1.13. The van der Waals surface area contributed by atoms with Gasteiger partial charge in [0.2, 0.25) is 5.91 Å². The molecule has 0 radical (unpaired) electrons. The van der Waals surface area contributed by atoms with Gasteiger partial charge in [-0.25, -0.2) is 0 Å². The van der Waals surface area contributed by atoms with Crippen molar-refractivity contribution in [1.29, 1.82) is 0 Å². The summed E-state index contributed by atoms with van der Waals surface area (Å²) in [7, 11) is 0. The first-order valence-corrected chi connectivity index (χ1v) is 3.65. The number of rotatable bonds is 1. The van der Waals surface area contributed by atoms with E-state index in [9.17, 15) is 4.79 Å². The number of carbonyl (C=O) groups excluding carboxylic acids is 1. The van der Waals surface area contributed by atoms with E-state index in [0.717, 1.165) is 12.8 Å². The number of aliphatic hydroxyl groups excluding tert-OH is 1. The van der Waals surface area contributed by atoms with Crippen LogP contribution in [-0.2, 0) is 4.79 Å². The molecule has 1 rings (SSSR count). The summed E-state index contributed by atoms with van der Waals surface area (Å²) in [6.07, 6.45) is 1.81. The maximum atomic E-state index is 10.9. The van der Waals surface area contributed by atoms with E-state index in [0.29, 0.717) is 0 Å². The van der Waals surface area contributed by atoms with Crippen LogP contribution in [0.1, 0.15) is 19.8 Å². The lowest BCUT2D eigenvalue weighted by Crippen LogP contribution is -2.44. The summed E-state index contributed by atoms with van der Waals surface area (Å²) in [5, 5.41) is 11.4. The number of amides is 1. The van der Waals surface area contributed by atoms with Gasteiger partial charge < -0.3 is 10.4 Å². The Morgan fingerprint density at radius 2 is 2.40 bits per heavy atom. The molecule has 1 saturated heterocycles. The summed E-state index contributed by atoms with van der Waals surface area (Å²) in [5.41, 5.74) is 0. The third-order valence-corrected chi connectivity index (χ3v) is 1.96. The van der Waals surface area contributed by atoms with Crippen LogP contribution in [0.5, 0.6) is 0 Å². The van der Waals surface area contributed by atoms with E-state index in [-0.39, 0.29) is 24.5 Å². The van der Waals surface area contributed by atoms with E-state index in [2.05, 4.69) is 5.32 Å². The van der Waals surface area contributed by atoms with Crippen LogP contribution >= 0.6 is 0 Å². The van der Waals surface area contributed by atoms with Crippen LogP contribution in [-0.4, -0.2) is 23.7 Å². The van der Waals surface area contributed by atoms with Crippen molar-refractivity contribution in [2.24, 2.45) is 5.92 Å². The molecular formula is C7H13NO2. The van der Waals surface area contributed by atoms with Crippen LogP contribution < -0.4 is 5.32 Å². The van der Waals surface area contributed by atoms with Crippen LogP contribution in [0.15, 0.2) is 0 Å². The Balaban J connectivity index is 2.41. The maximum absolute atomic E-state index is 10.9. The summed E-state index contributed by atoms with van der Waals surface area (Å²) in [4.78, 5) is 10.9. The predicted octanol–water partition coefficient (Wildman–Crippen LogP) is -0.107. The number of aliphatic hydroxyl groups is 1. The lowest BCUT2D eigenvalue weighted by Gasteiger charge is -2.25. The monoisotopic (exact) mass is 143 g/mol. The van der Waals surface area contributed by atoms with Gasteiger partial charge in [0.05, 0.1) is 12.6 Å². The Labute approximate surface area is 60.4 Å². The van der Waals surface area contributed by atoms with Gasteiger partial charge in [-0.05, 0) is 12.8 Å². The lowest BCUT2D eigenvalue weighted by molar-refractivity contribution is -0.127.